The molecular weight excluding hydrogens is 306 g/mol. The molecule has 1 saturated heterocycles. The van der Waals surface area contributed by atoms with Gasteiger partial charge in [0.05, 0.1) is 23.1 Å². The molecule has 0 N–H and O–H groups in total. The Hall–Kier alpha value is -1.65. The lowest BCUT2D eigenvalue weighted by atomic mass is 10.3. The molecule has 0 bridgehead atoms. The summed E-state index contributed by atoms with van der Waals surface area (Å²) in [5, 5.41) is 23.7. The summed E-state index contributed by atoms with van der Waals surface area (Å²) in [6.45, 7) is 5.09. The van der Waals surface area contributed by atoms with Gasteiger partial charge in [0, 0.05) is 13.1 Å². The number of thiophene rings is 1. The van der Waals surface area contributed by atoms with Crippen LogP contribution in [0.25, 0.3) is 0 Å². The lowest BCUT2D eigenvalue weighted by Gasteiger charge is -2.26. The van der Waals surface area contributed by atoms with Gasteiger partial charge in [-0.3, -0.25) is 20.2 Å². The average molecular weight is 317 g/mol. The highest BCUT2D eigenvalue weighted by molar-refractivity contribution is 8.04. The van der Waals surface area contributed by atoms with Crippen molar-refractivity contribution < 1.29 is 14.6 Å². The predicted octanol–water partition coefficient (Wildman–Crippen LogP) is 2.64. The van der Waals surface area contributed by atoms with Crippen molar-refractivity contribution >= 4 is 39.5 Å². The first kappa shape index (κ1) is 14.8. The third-order valence-electron chi connectivity index (χ3n) is 2.68. The van der Waals surface area contributed by atoms with Crippen LogP contribution < -0.4 is 4.90 Å². The molecule has 0 atom stereocenters. The van der Waals surface area contributed by atoms with Gasteiger partial charge in [-0.05, 0) is 16.7 Å². The number of anilines is 1. The van der Waals surface area contributed by atoms with E-state index < -0.39 is 9.85 Å². The second-order valence-electron chi connectivity index (χ2n) is 3.79. The molecule has 10 heteroatoms. The predicted molar refractivity (Wildman–Crippen MR) is 76.7 cm³/mol. The van der Waals surface area contributed by atoms with Crippen LogP contribution in [0.4, 0.5) is 16.4 Å². The quantitative estimate of drug-likeness (QED) is 0.467. The van der Waals surface area contributed by atoms with Gasteiger partial charge in [0.25, 0.3) is 0 Å². The van der Waals surface area contributed by atoms with Crippen molar-refractivity contribution in [2.75, 3.05) is 31.2 Å². The lowest BCUT2D eigenvalue weighted by molar-refractivity contribution is -0.390. The molecule has 1 aliphatic rings. The van der Waals surface area contributed by atoms with E-state index in [-0.39, 0.29) is 20.6 Å². The summed E-state index contributed by atoms with van der Waals surface area (Å²) in [6, 6.07) is 0. The molecule has 0 radical (unpaired) electrons. The second-order valence-corrected chi connectivity index (χ2v) is 6.02. The zero-order valence-corrected chi connectivity index (χ0v) is 11.9. The van der Waals surface area contributed by atoms with E-state index in [4.69, 9.17) is 4.74 Å². The normalized spacial score (nSPS) is 15.1. The summed E-state index contributed by atoms with van der Waals surface area (Å²) in [6.07, 6.45) is 0. The molecule has 20 heavy (non-hydrogen) atoms. The Morgan fingerprint density at radius 3 is 2.45 bits per heavy atom. The van der Waals surface area contributed by atoms with Gasteiger partial charge >= 0.3 is 10.7 Å². The van der Waals surface area contributed by atoms with Crippen LogP contribution in [0.2, 0.25) is 0 Å². The molecule has 8 nitrogen and oxygen atoms in total. The number of hydrogen-bond acceptors (Lipinski definition) is 8. The Kier molecular flexibility index (Phi) is 4.57. The maximum atomic E-state index is 11.3. The molecular formula is C10H11N3O5S2. The highest BCUT2D eigenvalue weighted by atomic mass is 32.2. The number of nitrogens with zero attached hydrogens (tertiary/aromatic N) is 3. The van der Waals surface area contributed by atoms with Crippen LogP contribution in [0.3, 0.4) is 0 Å². The van der Waals surface area contributed by atoms with Crippen LogP contribution in [0, 0.1) is 20.2 Å². The van der Waals surface area contributed by atoms with E-state index in [1.165, 1.54) is 5.41 Å². The van der Waals surface area contributed by atoms with Gasteiger partial charge in [-0.1, -0.05) is 18.3 Å². The molecule has 1 aromatic rings. The molecule has 1 aromatic heterocycles. The SMILES string of the molecule is C=CSc1sc([N+](=O)[O-])c(N2CCOCC2)c1[N+](=O)[O-]. The second kappa shape index (κ2) is 6.20. The van der Waals surface area contributed by atoms with E-state index in [1.54, 1.807) is 4.90 Å². The maximum absolute atomic E-state index is 11.3. The van der Waals surface area contributed by atoms with Crippen molar-refractivity contribution in [3.8, 4) is 0 Å². The van der Waals surface area contributed by atoms with Crippen molar-refractivity contribution in [2.24, 2.45) is 0 Å². The summed E-state index contributed by atoms with van der Waals surface area (Å²) < 4.78 is 5.45. The van der Waals surface area contributed by atoms with E-state index in [1.807, 2.05) is 0 Å². The van der Waals surface area contributed by atoms with E-state index in [9.17, 15) is 20.2 Å². The van der Waals surface area contributed by atoms with Crippen LogP contribution >= 0.6 is 23.1 Å². The van der Waals surface area contributed by atoms with Crippen molar-refractivity contribution in [3.63, 3.8) is 0 Å². The molecule has 1 aliphatic heterocycles. The smallest absolute Gasteiger partial charge is 0.355 e. The van der Waals surface area contributed by atoms with Crippen molar-refractivity contribution in [1.29, 1.82) is 0 Å². The molecule has 0 unspecified atom stereocenters. The van der Waals surface area contributed by atoms with Gasteiger partial charge < -0.3 is 9.64 Å². The minimum absolute atomic E-state index is 0.0812. The first-order valence-corrected chi connectivity index (χ1v) is 7.31. The molecule has 108 valence electrons. The Morgan fingerprint density at radius 2 is 1.95 bits per heavy atom. The average Bonchev–Trinajstić information content (AvgIpc) is 2.80. The summed E-state index contributed by atoms with van der Waals surface area (Å²) in [7, 11) is 0. The van der Waals surface area contributed by atoms with Gasteiger partial charge in [-0.2, -0.15) is 0 Å². The third kappa shape index (κ3) is 2.76. The summed E-state index contributed by atoms with van der Waals surface area (Å²) >= 11 is 1.83. The van der Waals surface area contributed by atoms with Gasteiger partial charge in [0.1, 0.15) is 0 Å². The molecule has 0 aliphatic carbocycles. The van der Waals surface area contributed by atoms with Crippen LogP contribution in [-0.4, -0.2) is 36.1 Å². The van der Waals surface area contributed by atoms with Gasteiger partial charge in [0.15, 0.2) is 4.21 Å². The Morgan fingerprint density at radius 1 is 1.30 bits per heavy atom. The molecule has 2 heterocycles. The van der Waals surface area contributed by atoms with Crippen molar-refractivity contribution in [1.82, 2.24) is 0 Å². The Balaban J connectivity index is 2.56. The summed E-state index contributed by atoms with van der Waals surface area (Å²) in [5.74, 6) is 0. The number of morpholine rings is 1. The van der Waals surface area contributed by atoms with E-state index >= 15 is 0 Å². The van der Waals surface area contributed by atoms with E-state index in [0.717, 1.165) is 23.1 Å². The molecule has 0 aromatic carbocycles. The monoisotopic (exact) mass is 317 g/mol. The van der Waals surface area contributed by atoms with Gasteiger partial charge in [0.2, 0.25) is 5.69 Å². The fourth-order valence-electron chi connectivity index (χ4n) is 1.89. The molecule has 1 fully saturated rings. The zero-order valence-electron chi connectivity index (χ0n) is 10.3. The Bertz CT molecular complexity index is 553. The van der Waals surface area contributed by atoms with Crippen LogP contribution in [0.1, 0.15) is 0 Å². The standard InChI is InChI=1S/C10H11N3O5S2/c1-2-19-10-8(12(14)15)7(9(20-10)13(16)17)11-3-5-18-6-4-11/h2H,1,3-6H2. The first-order valence-electron chi connectivity index (χ1n) is 5.62. The summed E-state index contributed by atoms with van der Waals surface area (Å²) in [4.78, 5) is 22.9. The lowest BCUT2D eigenvalue weighted by Crippen LogP contribution is -2.36. The third-order valence-corrected chi connectivity index (χ3v) is 4.70. The zero-order chi connectivity index (χ0) is 14.7. The minimum Gasteiger partial charge on any atom is -0.378 e. The number of hydrogen-bond donors (Lipinski definition) is 0. The number of rotatable bonds is 5. The topological polar surface area (TPSA) is 98.8 Å². The van der Waals surface area contributed by atoms with Crippen molar-refractivity contribution in [2.45, 2.75) is 4.21 Å². The van der Waals surface area contributed by atoms with Gasteiger partial charge in [-0.15, -0.1) is 0 Å². The fraction of sp³-hybridized carbons (Fsp3) is 0.400. The fourth-order valence-corrected chi connectivity index (χ4v) is 3.80. The minimum atomic E-state index is -0.574. The van der Waals surface area contributed by atoms with Crippen LogP contribution in [-0.2, 0) is 4.74 Å². The van der Waals surface area contributed by atoms with E-state index in [0.29, 0.717) is 26.3 Å². The van der Waals surface area contributed by atoms with Crippen molar-refractivity contribution in [3.05, 3.63) is 32.2 Å². The summed E-state index contributed by atoms with van der Waals surface area (Å²) in [5.41, 5.74) is -0.133. The number of thioether (sulfide) groups is 1. The molecule has 2 rings (SSSR count). The molecule has 0 spiro atoms. The highest BCUT2D eigenvalue weighted by Gasteiger charge is 2.37. The van der Waals surface area contributed by atoms with E-state index in [2.05, 4.69) is 6.58 Å². The largest absolute Gasteiger partial charge is 0.378 e. The molecule has 0 saturated carbocycles. The number of nitro groups is 2. The first-order chi connectivity index (χ1) is 9.56. The van der Waals surface area contributed by atoms with Gasteiger partial charge in [-0.25, -0.2) is 0 Å². The highest BCUT2D eigenvalue weighted by Crippen LogP contribution is 2.51. The maximum Gasteiger partial charge on any atom is 0.355 e. The Labute approximate surface area is 122 Å². The number of ether oxygens (including phenoxy) is 1. The van der Waals surface area contributed by atoms with Crippen LogP contribution in [0.5, 0.6) is 0 Å². The van der Waals surface area contributed by atoms with Crippen LogP contribution in [0.15, 0.2) is 16.2 Å². The molecule has 0 amide bonds.